The minimum absolute atomic E-state index is 0.0475. The first kappa shape index (κ1) is 17.7. The van der Waals surface area contributed by atoms with E-state index in [1.165, 1.54) is 14.2 Å². The van der Waals surface area contributed by atoms with Crippen LogP contribution in [0.15, 0.2) is 0 Å². The molecule has 0 atom stereocenters. The highest BCUT2D eigenvalue weighted by molar-refractivity contribution is 6.00. The second kappa shape index (κ2) is 6.64. The van der Waals surface area contributed by atoms with Gasteiger partial charge in [-0.25, -0.2) is 9.59 Å². The second-order valence-corrected chi connectivity index (χ2v) is 5.72. The number of esters is 3. The first-order valence-corrected chi connectivity index (χ1v) is 6.70. The molecule has 0 aromatic carbocycles. The number of hydrogen-bond donors (Lipinski definition) is 1. The van der Waals surface area contributed by atoms with E-state index < -0.39 is 23.5 Å². The number of rotatable bonds is 4. The van der Waals surface area contributed by atoms with E-state index in [4.69, 9.17) is 4.74 Å². The largest absolute Gasteiger partial charge is 0.469 e. The van der Waals surface area contributed by atoms with Crippen LogP contribution in [0.25, 0.3) is 0 Å². The number of carbonyl (C=O) groups is 3. The maximum Gasteiger partial charge on any atom is 0.354 e. The Hall–Kier alpha value is -2.31. The van der Waals surface area contributed by atoms with Gasteiger partial charge in [0.1, 0.15) is 11.3 Å². The molecule has 22 heavy (non-hydrogen) atoms. The van der Waals surface area contributed by atoms with Crippen LogP contribution in [0.1, 0.15) is 52.9 Å². The summed E-state index contributed by atoms with van der Waals surface area (Å²) in [5.74, 6) is -1.86. The van der Waals surface area contributed by atoms with Crippen molar-refractivity contribution >= 4 is 17.9 Å². The van der Waals surface area contributed by atoms with Gasteiger partial charge >= 0.3 is 17.9 Å². The minimum Gasteiger partial charge on any atom is -0.469 e. The number of nitrogens with one attached hydrogen (secondary N) is 1. The van der Waals surface area contributed by atoms with Crippen LogP contribution in [0.3, 0.4) is 0 Å². The summed E-state index contributed by atoms with van der Waals surface area (Å²) in [5, 5.41) is 0. The van der Waals surface area contributed by atoms with Gasteiger partial charge in [-0.1, -0.05) is 0 Å². The molecule has 0 aliphatic rings. The summed E-state index contributed by atoms with van der Waals surface area (Å²) < 4.78 is 14.6. The Morgan fingerprint density at radius 1 is 1.05 bits per heavy atom. The zero-order valence-electron chi connectivity index (χ0n) is 13.7. The molecule has 0 radical (unpaired) electrons. The number of carbonyl (C=O) groups excluding carboxylic acids is 3. The van der Waals surface area contributed by atoms with Gasteiger partial charge in [0.15, 0.2) is 0 Å². The van der Waals surface area contributed by atoms with E-state index in [9.17, 15) is 14.4 Å². The van der Waals surface area contributed by atoms with Crippen molar-refractivity contribution in [3.63, 3.8) is 0 Å². The van der Waals surface area contributed by atoms with E-state index in [-0.39, 0.29) is 23.2 Å². The Kier molecular flexibility index (Phi) is 5.35. The van der Waals surface area contributed by atoms with E-state index in [1.807, 2.05) is 0 Å². The van der Waals surface area contributed by atoms with E-state index in [2.05, 4.69) is 14.5 Å². The first-order valence-electron chi connectivity index (χ1n) is 6.70. The molecular formula is C15H21NO6. The van der Waals surface area contributed by atoms with Gasteiger partial charge in [0.05, 0.1) is 26.2 Å². The summed E-state index contributed by atoms with van der Waals surface area (Å²) in [5.41, 5.74) is 0.139. The van der Waals surface area contributed by atoms with Gasteiger partial charge in [0, 0.05) is 11.3 Å². The van der Waals surface area contributed by atoms with Crippen molar-refractivity contribution in [2.75, 3.05) is 14.2 Å². The van der Waals surface area contributed by atoms with Crippen LogP contribution in [-0.2, 0) is 25.4 Å². The van der Waals surface area contributed by atoms with E-state index in [1.54, 1.807) is 27.7 Å². The Balaban J connectivity index is 3.36. The maximum atomic E-state index is 12.3. The molecule has 0 bridgehead atoms. The van der Waals surface area contributed by atoms with E-state index >= 15 is 0 Å². The Morgan fingerprint density at radius 2 is 1.64 bits per heavy atom. The fourth-order valence-electron chi connectivity index (χ4n) is 1.95. The molecule has 0 unspecified atom stereocenters. The van der Waals surface area contributed by atoms with Gasteiger partial charge in [-0.15, -0.1) is 0 Å². The van der Waals surface area contributed by atoms with Crippen LogP contribution in [-0.4, -0.2) is 42.7 Å². The Bertz CT molecular complexity index is 594. The van der Waals surface area contributed by atoms with Gasteiger partial charge in [-0.2, -0.15) is 0 Å². The van der Waals surface area contributed by atoms with Crippen molar-refractivity contribution in [1.82, 2.24) is 4.98 Å². The lowest BCUT2D eigenvalue weighted by molar-refractivity contribution is -0.139. The van der Waals surface area contributed by atoms with Crippen LogP contribution < -0.4 is 0 Å². The molecule has 1 rings (SSSR count). The molecule has 1 aromatic rings. The van der Waals surface area contributed by atoms with Crippen molar-refractivity contribution in [3.8, 4) is 0 Å². The molecule has 0 aliphatic carbocycles. The lowest BCUT2D eigenvalue weighted by Crippen LogP contribution is -2.25. The average molecular weight is 311 g/mol. The van der Waals surface area contributed by atoms with Crippen LogP contribution in [0, 0.1) is 6.92 Å². The van der Waals surface area contributed by atoms with Gasteiger partial charge in [-0.3, -0.25) is 4.79 Å². The third-order valence-corrected chi connectivity index (χ3v) is 2.83. The second-order valence-electron chi connectivity index (χ2n) is 5.72. The van der Waals surface area contributed by atoms with Gasteiger partial charge < -0.3 is 19.2 Å². The lowest BCUT2D eigenvalue weighted by atomic mass is 10.0. The Labute approximate surface area is 128 Å². The predicted octanol–water partition coefficient (Wildman–Crippen LogP) is 1.78. The third-order valence-electron chi connectivity index (χ3n) is 2.83. The van der Waals surface area contributed by atoms with Gasteiger partial charge in [0.2, 0.25) is 0 Å². The average Bonchev–Trinajstić information content (AvgIpc) is 2.72. The molecule has 122 valence electrons. The fraction of sp³-hybridized carbons (Fsp3) is 0.533. The SMILES string of the molecule is COC(=O)Cc1c(C(=O)OC)[nH]c(C)c1C(=O)OC(C)(C)C. The monoisotopic (exact) mass is 311 g/mol. The summed E-state index contributed by atoms with van der Waals surface area (Å²) in [7, 11) is 2.44. The van der Waals surface area contributed by atoms with Crippen LogP contribution in [0.2, 0.25) is 0 Å². The smallest absolute Gasteiger partial charge is 0.354 e. The molecule has 0 aliphatic heterocycles. The predicted molar refractivity (Wildman–Crippen MR) is 77.8 cm³/mol. The molecule has 1 N–H and O–H groups in total. The van der Waals surface area contributed by atoms with Gasteiger partial charge in [-0.05, 0) is 27.7 Å². The number of ether oxygens (including phenoxy) is 3. The van der Waals surface area contributed by atoms with Crippen LogP contribution in [0.4, 0.5) is 0 Å². The zero-order chi connectivity index (χ0) is 17.1. The highest BCUT2D eigenvalue weighted by Crippen LogP contribution is 2.24. The normalized spacial score (nSPS) is 11.0. The maximum absolute atomic E-state index is 12.3. The number of aromatic amines is 1. The summed E-state index contributed by atoms with van der Waals surface area (Å²) in [6, 6.07) is 0. The van der Waals surface area contributed by atoms with Crippen molar-refractivity contribution in [1.29, 1.82) is 0 Å². The first-order chi connectivity index (χ1) is 10.1. The minimum atomic E-state index is -0.700. The van der Waals surface area contributed by atoms with E-state index in [0.717, 1.165) is 0 Å². The number of aryl methyl sites for hydroxylation is 1. The number of H-pyrrole nitrogens is 1. The molecule has 1 heterocycles. The van der Waals surface area contributed by atoms with Crippen LogP contribution >= 0.6 is 0 Å². The molecule has 0 spiro atoms. The lowest BCUT2D eigenvalue weighted by Gasteiger charge is -2.20. The molecule has 0 amide bonds. The summed E-state index contributed by atoms with van der Waals surface area (Å²) >= 11 is 0. The third kappa shape index (κ3) is 4.09. The highest BCUT2D eigenvalue weighted by atomic mass is 16.6. The zero-order valence-corrected chi connectivity index (χ0v) is 13.7. The van der Waals surface area contributed by atoms with Gasteiger partial charge in [0.25, 0.3) is 0 Å². The van der Waals surface area contributed by atoms with Crippen molar-refractivity contribution in [2.24, 2.45) is 0 Å². The summed E-state index contributed by atoms with van der Waals surface area (Å²) in [6.07, 6.45) is -0.236. The Morgan fingerprint density at radius 3 is 2.09 bits per heavy atom. The number of methoxy groups -OCH3 is 2. The fourth-order valence-corrected chi connectivity index (χ4v) is 1.95. The molecule has 7 heteroatoms. The standard InChI is InChI=1S/C15H21NO6/c1-8-11(13(18)22-15(2,3)4)9(7-10(17)20-5)12(16-8)14(19)21-6/h16H,7H2,1-6H3. The van der Waals surface area contributed by atoms with E-state index in [0.29, 0.717) is 5.69 Å². The number of hydrogen-bond acceptors (Lipinski definition) is 6. The highest BCUT2D eigenvalue weighted by Gasteiger charge is 2.29. The molecule has 0 saturated heterocycles. The summed E-state index contributed by atoms with van der Waals surface area (Å²) in [6.45, 7) is 6.81. The van der Waals surface area contributed by atoms with Crippen molar-refractivity contribution < 1.29 is 28.6 Å². The molecule has 0 fully saturated rings. The summed E-state index contributed by atoms with van der Waals surface area (Å²) in [4.78, 5) is 38.5. The number of aromatic nitrogens is 1. The quantitative estimate of drug-likeness (QED) is 0.673. The molecular weight excluding hydrogens is 290 g/mol. The molecule has 1 aromatic heterocycles. The van der Waals surface area contributed by atoms with Crippen LogP contribution in [0.5, 0.6) is 0 Å². The topological polar surface area (TPSA) is 94.7 Å². The molecule has 0 saturated carbocycles. The molecule has 7 nitrogen and oxygen atoms in total. The van der Waals surface area contributed by atoms with Crippen molar-refractivity contribution in [3.05, 3.63) is 22.5 Å². The van der Waals surface area contributed by atoms with Crippen molar-refractivity contribution in [2.45, 2.75) is 39.7 Å².